The molecule has 2 atom stereocenters. The maximum Gasteiger partial charge on any atom is 0.417 e. The van der Waals surface area contributed by atoms with E-state index in [0.29, 0.717) is 13.2 Å². The van der Waals surface area contributed by atoms with Gasteiger partial charge in [0.05, 0.1) is 25.9 Å². The molecule has 0 amide bonds. The van der Waals surface area contributed by atoms with E-state index in [-0.39, 0.29) is 19.3 Å². The molecule has 0 radical (unpaired) electrons. The predicted octanol–water partition coefficient (Wildman–Crippen LogP) is 2.79. The number of hydrogen-bond donors (Lipinski definition) is 0. The highest BCUT2D eigenvalue weighted by Gasteiger charge is 2.54. The lowest BCUT2D eigenvalue weighted by Crippen LogP contribution is -2.49. The minimum Gasteiger partial charge on any atom is -0.379 e. The molecule has 1 saturated heterocycles. The zero-order chi connectivity index (χ0) is 13.8. The monoisotopic (exact) mass is 270 g/mol. The quantitative estimate of drug-likeness (QED) is 0.695. The Hall–Kier alpha value is -0.330. The van der Waals surface area contributed by atoms with Gasteiger partial charge in [0.15, 0.2) is 5.60 Å². The first-order chi connectivity index (χ1) is 8.27. The molecule has 0 N–H and O–H groups in total. The van der Waals surface area contributed by atoms with Crippen molar-refractivity contribution in [3.05, 3.63) is 0 Å². The van der Waals surface area contributed by atoms with Crippen LogP contribution in [0.5, 0.6) is 0 Å². The van der Waals surface area contributed by atoms with Crippen molar-refractivity contribution in [2.24, 2.45) is 5.92 Å². The van der Waals surface area contributed by atoms with Crippen LogP contribution in [-0.2, 0) is 14.2 Å². The standard InChI is InChI=1S/C12H21F3O3/c1-9(2)11(3,12(13,14)15)18-7-6-17-10-4-5-16-8-10/h9-10H,4-8H2,1-3H3. The van der Waals surface area contributed by atoms with Crippen LogP contribution in [0.2, 0.25) is 0 Å². The smallest absolute Gasteiger partial charge is 0.379 e. The van der Waals surface area contributed by atoms with E-state index >= 15 is 0 Å². The molecule has 0 saturated carbocycles. The average Bonchev–Trinajstić information content (AvgIpc) is 2.74. The van der Waals surface area contributed by atoms with E-state index in [1.165, 1.54) is 13.8 Å². The Balaban J connectivity index is 2.34. The van der Waals surface area contributed by atoms with Gasteiger partial charge in [-0.1, -0.05) is 13.8 Å². The molecular weight excluding hydrogens is 249 g/mol. The maximum atomic E-state index is 12.9. The fourth-order valence-corrected chi connectivity index (χ4v) is 1.69. The van der Waals surface area contributed by atoms with Crippen LogP contribution >= 0.6 is 0 Å². The lowest BCUT2D eigenvalue weighted by molar-refractivity contribution is -0.288. The fraction of sp³-hybridized carbons (Fsp3) is 1.00. The summed E-state index contributed by atoms with van der Waals surface area (Å²) in [5, 5.41) is 0. The normalized spacial score (nSPS) is 24.5. The second-order valence-corrected chi connectivity index (χ2v) is 4.96. The molecule has 18 heavy (non-hydrogen) atoms. The van der Waals surface area contributed by atoms with Crippen LogP contribution in [-0.4, -0.2) is 44.3 Å². The van der Waals surface area contributed by atoms with Gasteiger partial charge in [-0.25, -0.2) is 0 Å². The fourth-order valence-electron chi connectivity index (χ4n) is 1.69. The molecule has 0 bridgehead atoms. The van der Waals surface area contributed by atoms with Gasteiger partial charge in [0, 0.05) is 6.61 Å². The number of hydrogen-bond acceptors (Lipinski definition) is 3. The van der Waals surface area contributed by atoms with Crippen molar-refractivity contribution in [2.45, 2.75) is 45.1 Å². The highest BCUT2D eigenvalue weighted by Crippen LogP contribution is 2.38. The average molecular weight is 270 g/mol. The number of ether oxygens (including phenoxy) is 3. The third-order valence-electron chi connectivity index (χ3n) is 3.39. The molecule has 0 aromatic heterocycles. The third kappa shape index (κ3) is 3.83. The van der Waals surface area contributed by atoms with Gasteiger partial charge in [-0.05, 0) is 19.3 Å². The largest absolute Gasteiger partial charge is 0.417 e. The van der Waals surface area contributed by atoms with Crippen molar-refractivity contribution in [3.63, 3.8) is 0 Å². The van der Waals surface area contributed by atoms with Gasteiger partial charge >= 0.3 is 6.18 Å². The second kappa shape index (κ2) is 6.21. The summed E-state index contributed by atoms with van der Waals surface area (Å²) in [6.07, 6.45) is -3.59. The summed E-state index contributed by atoms with van der Waals surface area (Å²) in [4.78, 5) is 0. The van der Waals surface area contributed by atoms with Crippen molar-refractivity contribution >= 4 is 0 Å². The molecule has 0 aliphatic carbocycles. The van der Waals surface area contributed by atoms with Crippen LogP contribution in [0.25, 0.3) is 0 Å². The number of rotatable bonds is 6. The molecule has 2 unspecified atom stereocenters. The first-order valence-electron chi connectivity index (χ1n) is 6.17. The van der Waals surface area contributed by atoms with Crippen molar-refractivity contribution < 1.29 is 27.4 Å². The predicted molar refractivity (Wildman–Crippen MR) is 60.4 cm³/mol. The van der Waals surface area contributed by atoms with Crippen LogP contribution in [0.3, 0.4) is 0 Å². The molecule has 0 aromatic rings. The summed E-state index contributed by atoms with van der Waals surface area (Å²) in [5.74, 6) is -0.646. The summed E-state index contributed by atoms with van der Waals surface area (Å²) >= 11 is 0. The van der Waals surface area contributed by atoms with Gasteiger partial charge in [0.2, 0.25) is 0 Å². The molecule has 0 spiro atoms. The molecule has 3 nitrogen and oxygen atoms in total. The zero-order valence-corrected chi connectivity index (χ0v) is 11.0. The minimum absolute atomic E-state index is 0.00945. The van der Waals surface area contributed by atoms with Crippen molar-refractivity contribution in [1.29, 1.82) is 0 Å². The Labute approximate surface area is 106 Å². The Kier molecular flexibility index (Phi) is 5.43. The van der Waals surface area contributed by atoms with Crippen LogP contribution < -0.4 is 0 Å². The molecule has 1 aliphatic heterocycles. The molecule has 6 heteroatoms. The third-order valence-corrected chi connectivity index (χ3v) is 3.39. The van der Waals surface area contributed by atoms with Crippen molar-refractivity contribution in [1.82, 2.24) is 0 Å². The van der Waals surface area contributed by atoms with E-state index in [0.717, 1.165) is 13.3 Å². The first kappa shape index (κ1) is 15.7. The van der Waals surface area contributed by atoms with E-state index in [2.05, 4.69) is 0 Å². The van der Waals surface area contributed by atoms with Gasteiger partial charge in [0.25, 0.3) is 0 Å². The van der Waals surface area contributed by atoms with Gasteiger partial charge in [-0.2, -0.15) is 13.2 Å². The summed E-state index contributed by atoms with van der Waals surface area (Å²) in [7, 11) is 0. The van der Waals surface area contributed by atoms with Gasteiger partial charge in [-0.15, -0.1) is 0 Å². The number of alkyl halides is 3. The van der Waals surface area contributed by atoms with Gasteiger partial charge < -0.3 is 14.2 Å². The molecule has 1 heterocycles. The lowest BCUT2D eigenvalue weighted by atomic mass is 9.91. The number of halogens is 3. The maximum absolute atomic E-state index is 12.9. The van der Waals surface area contributed by atoms with E-state index < -0.39 is 17.7 Å². The van der Waals surface area contributed by atoms with Crippen LogP contribution in [0.15, 0.2) is 0 Å². The Morgan fingerprint density at radius 2 is 1.94 bits per heavy atom. The minimum atomic E-state index is -4.38. The van der Waals surface area contributed by atoms with E-state index in [9.17, 15) is 13.2 Å². The summed E-state index contributed by atoms with van der Waals surface area (Å²) in [5.41, 5.74) is -2.12. The highest BCUT2D eigenvalue weighted by molar-refractivity contribution is 4.87. The Bertz CT molecular complexity index is 249. The van der Waals surface area contributed by atoms with Crippen LogP contribution in [0.1, 0.15) is 27.2 Å². The lowest BCUT2D eigenvalue weighted by Gasteiger charge is -2.35. The van der Waals surface area contributed by atoms with Gasteiger partial charge in [0.1, 0.15) is 0 Å². The Morgan fingerprint density at radius 3 is 2.39 bits per heavy atom. The van der Waals surface area contributed by atoms with E-state index in [4.69, 9.17) is 14.2 Å². The SMILES string of the molecule is CC(C)C(C)(OCCOC1CCOC1)C(F)(F)F. The molecule has 1 rings (SSSR count). The van der Waals surface area contributed by atoms with E-state index in [1.807, 2.05) is 0 Å². The highest BCUT2D eigenvalue weighted by atomic mass is 19.4. The Morgan fingerprint density at radius 1 is 1.28 bits per heavy atom. The molecule has 0 aromatic carbocycles. The first-order valence-corrected chi connectivity index (χ1v) is 6.17. The van der Waals surface area contributed by atoms with E-state index in [1.54, 1.807) is 0 Å². The molecule has 1 aliphatic rings. The zero-order valence-electron chi connectivity index (χ0n) is 11.0. The van der Waals surface area contributed by atoms with Crippen LogP contribution in [0, 0.1) is 5.92 Å². The van der Waals surface area contributed by atoms with Crippen molar-refractivity contribution in [3.8, 4) is 0 Å². The van der Waals surface area contributed by atoms with Gasteiger partial charge in [-0.3, -0.25) is 0 Å². The van der Waals surface area contributed by atoms with Crippen molar-refractivity contribution in [2.75, 3.05) is 26.4 Å². The summed E-state index contributed by atoms with van der Waals surface area (Å²) < 4.78 is 54.2. The molecular formula is C12H21F3O3. The topological polar surface area (TPSA) is 27.7 Å². The second-order valence-electron chi connectivity index (χ2n) is 4.96. The summed E-state index contributed by atoms with van der Waals surface area (Å²) in [6.45, 7) is 5.34. The summed E-state index contributed by atoms with van der Waals surface area (Å²) in [6, 6.07) is 0. The molecule has 1 fully saturated rings. The van der Waals surface area contributed by atoms with Crippen LogP contribution in [0.4, 0.5) is 13.2 Å². The molecule has 108 valence electrons.